The number of carbonyl (C=O) groups excluding carboxylic acids is 3. The summed E-state index contributed by atoms with van der Waals surface area (Å²) in [7, 11) is 0. The summed E-state index contributed by atoms with van der Waals surface area (Å²) < 4.78 is 28.8. The molecule has 2 atom stereocenters. The van der Waals surface area contributed by atoms with Gasteiger partial charge in [0.2, 0.25) is 11.8 Å². The van der Waals surface area contributed by atoms with Crippen LogP contribution in [-0.4, -0.2) is 63.3 Å². The molecule has 5 heterocycles. The highest BCUT2D eigenvalue weighted by Gasteiger charge is 2.49. The average molecular weight is 561 g/mol. The lowest BCUT2D eigenvalue weighted by molar-refractivity contribution is -0.133. The Bertz CT molecular complexity index is 1480. The molecule has 1 aromatic carbocycles. The van der Waals surface area contributed by atoms with Crippen molar-refractivity contribution in [3.05, 3.63) is 89.4 Å². The molecular formula is C30H30F2N6O3. The van der Waals surface area contributed by atoms with Crippen LogP contribution in [-0.2, 0) is 21.5 Å². The van der Waals surface area contributed by atoms with Gasteiger partial charge in [0, 0.05) is 43.5 Å². The molecule has 0 radical (unpaired) electrons. The number of benzene rings is 1. The molecule has 3 aliphatic rings. The van der Waals surface area contributed by atoms with Gasteiger partial charge in [0.25, 0.3) is 0 Å². The van der Waals surface area contributed by atoms with E-state index < -0.39 is 35.0 Å². The number of hydrogen-bond acceptors (Lipinski definition) is 5. The highest BCUT2D eigenvalue weighted by atomic mass is 19.2. The molecule has 3 aromatic rings. The van der Waals surface area contributed by atoms with Gasteiger partial charge in [0.1, 0.15) is 11.9 Å². The van der Waals surface area contributed by atoms with Crippen molar-refractivity contribution >= 4 is 23.7 Å². The third-order valence-electron chi connectivity index (χ3n) is 8.55. The first-order valence-corrected chi connectivity index (χ1v) is 13.8. The van der Waals surface area contributed by atoms with Gasteiger partial charge in [-0.05, 0) is 55.5 Å². The minimum atomic E-state index is -0.934. The van der Waals surface area contributed by atoms with Gasteiger partial charge in [-0.25, -0.2) is 18.6 Å². The molecule has 3 aliphatic heterocycles. The lowest BCUT2D eigenvalue weighted by Gasteiger charge is -2.38. The van der Waals surface area contributed by atoms with Crippen LogP contribution in [0.25, 0.3) is 0 Å². The van der Waals surface area contributed by atoms with Gasteiger partial charge < -0.3 is 20.4 Å². The quantitative estimate of drug-likeness (QED) is 0.506. The molecule has 212 valence electrons. The van der Waals surface area contributed by atoms with Crippen LogP contribution in [0.5, 0.6) is 0 Å². The fraction of sp³-hybridized carbons (Fsp3) is 0.367. The zero-order chi connectivity index (χ0) is 28.6. The van der Waals surface area contributed by atoms with Crippen molar-refractivity contribution < 1.29 is 23.2 Å². The Labute approximate surface area is 236 Å². The SMILES string of the molecule is O=C(N[C@@H]1CC[C@@H](c2cccc(F)c2F)CN(Cc2ccccn2)C1=O)N1CCC2(CC1)C(=O)Nc1ncccc12. The Kier molecular flexibility index (Phi) is 7.10. The molecular weight excluding hydrogens is 530 g/mol. The Balaban J connectivity index is 1.18. The summed E-state index contributed by atoms with van der Waals surface area (Å²) in [5.41, 5.74) is 0.990. The van der Waals surface area contributed by atoms with Crippen LogP contribution >= 0.6 is 0 Å². The maximum atomic E-state index is 14.8. The summed E-state index contributed by atoms with van der Waals surface area (Å²) in [6.07, 6.45) is 4.79. The highest BCUT2D eigenvalue weighted by molar-refractivity contribution is 6.05. The first-order valence-electron chi connectivity index (χ1n) is 13.8. The number of nitrogens with one attached hydrogen (secondary N) is 2. The van der Waals surface area contributed by atoms with E-state index in [4.69, 9.17) is 0 Å². The van der Waals surface area contributed by atoms with Crippen molar-refractivity contribution in [3.63, 3.8) is 0 Å². The normalized spacial score (nSPS) is 21.8. The summed E-state index contributed by atoms with van der Waals surface area (Å²) in [5.74, 6) is -2.14. The zero-order valence-electron chi connectivity index (χ0n) is 22.4. The Hall–Kier alpha value is -4.41. The van der Waals surface area contributed by atoms with Crippen molar-refractivity contribution in [2.45, 2.75) is 49.6 Å². The standard InChI is InChI=1S/C30H30F2N6O3/c31-23-8-3-6-21(25(23)32)19-9-10-24(27(39)38(17-19)18-20-5-1-2-13-33-20)35-29(41)37-15-11-30(12-16-37)22-7-4-14-34-26(22)36-28(30)40/h1-8,13-14,19,24H,9-12,15-18H2,(H,35,41)(H,34,36,40)/t19-,24-/m1/s1. The summed E-state index contributed by atoms with van der Waals surface area (Å²) in [4.78, 5) is 51.8. The van der Waals surface area contributed by atoms with Gasteiger partial charge in [-0.3, -0.25) is 14.6 Å². The van der Waals surface area contributed by atoms with E-state index in [2.05, 4.69) is 20.6 Å². The molecule has 2 N–H and O–H groups in total. The van der Waals surface area contributed by atoms with E-state index in [1.54, 1.807) is 46.5 Å². The van der Waals surface area contributed by atoms with Crippen molar-refractivity contribution in [2.75, 3.05) is 25.0 Å². The van der Waals surface area contributed by atoms with Gasteiger partial charge in [-0.1, -0.05) is 24.3 Å². The molecule has 11 heteroatoms. The molecule has 41 heavy (non-hydrogen) atoms. The number of fused-ring (bicyclic) bond motifs is 2. The van der Waals surface area contributed by atoms with Crippen LogP contribution in [0, 0.1) is 11.6 Å². The number of carbonyl (C=O) groups is 3. The molecule has 2 fully saturated rings. The molecule has 6 rings (SSSR count). The van der Waals surface area contributed by atoms with Gasteiger partial charge in [-0.2, -0.15) is 0 Å². The molecule has 2 aromatic heterocycles. The van der Waals surface area contributed by atoms with Crippen molar-refractivity contribution in [2.24, 2.45) is 0 Å². The number of likely N-dealkylation sites (tertiary alicyclic amines) is 2. The maximum Gasteiger partial charge on any atom is 0.318 e. The predicted octanol–water partition coefficient (Wildman–Crippen LogP) is 3.73. The molecule has 4 amide bonds. The van der Waals surface area contributed by atoms with E-state index in [1.165, 1.54) is 6.07 Å². The minimum absolute atomic E-state index is 0.106. The Morgan fingerprint density at radius 1 is 1.00 bits per heavy atom. The van der Waals surface area contributed by atoms with Gasteiger partial charge in [0.15, 0.2) is 11.6 Å². The van der Waals surface area contributed by atoms with Gasteiger partial charge in [0.05, 0.1) is 17.7 Å². The molecule has 2 saturated heterocycles. The summed E-state index contributed by atoms with van der Waals surface area (Å²) >= 11 is 0. The van der Waals surface area contributed by atoms with E-state index in [9.17, 15) is 23.2 Å². The van der Waals surface area contributed by atoms with Crippen LogP contribution in [0.4, 0.5) is 19.4 Å². The second-order valence-corrected chi connectivity index (χ2v) is 10.9. The third kappa shape index (κ3) is 5.00. The summed E-state index contributed by atoms with van der Waals surface area (Å²) in [5, 5.41) is 5.75. The van der Waals surface area contributed by atoms with E-state index in [0.717, 1.165) is 11.6 Å². The van der Waals surface area contributed by atoms with Gasteiger partial charge in [-0.15, -0.1) is 0 Å². The van der Waals surface area contributed by atoms with Crippen molar-refractivity contribution in [3.8, 4) is 0 Å². The number of anilines is 1. The van der Waals surface area contributed by atoms with Crippen LogP contribution in [0.2, 0.25) is 0 Å². The smallest absolute Gasteiger partial charge is 0.318 e. The molecule has 0 aliphatic carbocycles. The maximum absolute atomic E-state index is 14.8. The fourth-order valence-corrected chi connectivity index (χ4v) is 6.28. The van der Waals surface area contributed by atoms with E-state index in [1.807, 2.05) is 12.1 Å². The van der Waals surface area contributed by atoms with Crippen molar-refractivity contribution in [1.29, 1.82) is 0 Å². The lowest BCUT2D eigenvalue weighted by atomic mass is 9.74. The van der Waals surface area contributed by atoms with E-state index in [0.29, 0.717) is 43.9 Å². The van der Waals surface area contributed by atoms with Crippen LogP contribution in [0.3, 0.4) is 0 Å². The largest absolute Gasteiger partial charge is 0.334 e. The third-order valence-corrected chi connectivity index (χ3v) is 8.55. The first kappa shape index (κ1) is 26.8. The number of aromatic nitrogens is 2. The predicted molar refractivity (Wildman–Crippen MR) is 146 cm³/mol. The number of piperidine rings is 1. The van der Waals surface area contributed by atoms with Crippen LogP contribution < -0.4 is 10.6 Å². The van der Waals surface area contributed by atoms with E-state index in [-0.39, 0.29) is 36.9 Å². The average Bonchev–Trinajstić information content (AvgIpc) is 3.16. The number of hydrogen-bond donors (Lipinski definition) is 2. The number of nitrogens with zero attached hydrogens (tertiary/aromatic N) is 4. The lowest BCUT2D eigenvalue weighted by Crippen LogP contribution is -2.55. The van der Waals surface area contributed by atoms with Crippen LogP contribution in [0.15, 0.2) is 60.9 Å². The topological polar surface area (TPSA) is 108 Å². The number of amides is 4. The molecule has 1 spiro atoms. The fourth-order valence-electron chi connectivity index (χ4n) is 6.28. The second kappa shape index (κ2) is 10.9. The molecule has 9 nitrogen and oxygen atoms in total. The zero-order valence-corrected chi connectivity index (χ0v) is 22.4. The second-order valence-electron chi connectivity index (χ2n) is 10.9. The van der Waals surface area contributed by atoms with Crippen LogP contribution in [0.1, 0.15) is 48.4 Å². The number of urea groups is 1. The van der Waals surface area contributed by atoms with Gasteiger partial charge >= 0.3 is 6.03 Å². The number of rotatable bonds is 4. The Morgan fingerprint density at radius 3 is 2.59 bits per heavy atom. The molecule has 0 saturated carbocycles. The number of halogens is 2. The first-order chi connectivity index (χ1) is 19.9. The van der Waals surface area contributed by atoms with E-state index >= 15 is 0 Å². The molecule has 0 bridgehead atoms. The highest BCUT2D eigenvalue weighted by Crippen LogP contribution is 2.43. The monoisotopic (exact) mass is 560 g/mol. The number of pyridine rings is 2. The Morgan fingerprint density at radius 2 is 1.80 bits per heavy atom. The van der Waals surface area contributed by atoms with Crippen molar-refractivity contribution in [1.82, 2.24) is 25.1 Å². The summed E-state index contributed by atoms with van der Waals surface area (Å²) in [6, 6.07) is 11.9. The molecule has 0 unspecified atom stereocenters. The minimum Gasteiger partial charge on any atom is -0.334 e. The summed E-state index contributed by atoms with van der Waals surface area (Å²) in [6.45, 7) is 1.01.